The molecule has 2 aromatic rings. The van der Waals surface area contributed by atoms with Crippen LogP contribution in [0.25, 0.3) is 0 Å². The van der Waals surface area contributed by atoms with Gasteiger partial charge >= 0.3 is 0 Å². The molecule has 2 aromatic heterocycles. The Bertz CT molecular complexity index is 507. The number of thiazole rings is 1. The Morgan fingerprint density at radius 1 is 1.14 bits per heavy atom. The lowest BCUT2D eigenvalue weighted by atomic mass is 10.7. The lowest BCUT2D eigenvalue weighted by Crippen LogP contribution is -2.06. The SMILES string of the molecule is O=S(=O)(c1cscn1)c1ncccn1. The van der Waals surface area contributed by atoms with E-state index in [-0.39, 0.29) is 10.2 Å². The summed E-state index contributed by atoms with van der Waals surface area (Å²) in [7, 11) is -3.62. The van der Waals surface area contributed by atoms with E-state index in [1.165, 1.54) is 34.6 Å². The largest absolute Gasteiger partial charge is 0.259 e. The van der Waals surface area contributed by atoms with Crippen molar-refractivity contribution < 1.29 is 8.42 Å². The van der Waals surface area contributed by atoms with Crippen LogP contribution in [0.3, 0.4) is 0 Å². The highest BCUT2D eigenvalue weighted by Crippen LogP contribution is 2.15. The Balaban J connectivity index is 2.55. The number of aromatic nitrogens is 3. The van der Waals surface area contributed by atoms with Gasteiger partial charge in [0.15, 0.2) is 5.03 Å². The van der Waals surface area contributed by atoms with E-state index in [4.69, 9.17) is 0 Å². The molecule has 0 unspecified atom stereocenters. The van der Waals surface area contributed by atoms with Crippen molar-refractivity contribution in [3.63, 3.8) is 0 Å². The third kappa shape index (κ3) is 1.51. The van der Waals surface area contributed by atoms with E-state index >= 15 is 0 Å². The molecule has 0 bridgehead atoms. The van der Waals surface area contributed by atoms with Crippen molar-refractivity contribution in [1.82, 2.24) is 15.0 Å². The summed E-state index contributed by atoms with van der Waals surface area (Å²) in [5, 5.41) is 1.23. The molecule has 0 radical (unpaired) electrons. The van der Waals surface area contributed by atoms with Gasteiger partial charge in [0.25, 0.3) is 15.0 Å². The van der Waals surface area contributed by atoms with Crippen LogP contribution in [0.5, 0.6) is 0 Å². The van der Waals surface area contributed by atoms with Crippen molar-refractivity contribution in [3.8, 4) is 0 Å². The van der Waals surface area contributed by atoms with E-state index in [0.29, 0.717) is 0 Å². The first kappa shape index (κ1) is 9.22. The molecule has 14 heavy (non-hydrogen) atoms. The van der Waals surface area contributed by atoms with Crippen LogP contribution < -0.4 is 0 Å². The number of hydrogen-bond donors (Lipinski definition) is 0. The van der Waals surface area contributed by atoms with Crippen molar-refractivity contribution in [3.05, 3.63) is 29.4 Å². The third-order valence-electron chi connectivity index (χ3n) is 1.47. The van der Waals surface area contributed by atoms with Crippen LogP contribution in [0.15, 0.2) is 39.5 Å². The molecular weight excluding hydrogens is 222 g/mol. The molecule has 5 nitrogen and oxygen atoms in total. The maximum Gasteiger partial charge on any atom is 0.259 e. The van der Waals surface area contributed by atoms with Gasteiger partial charge in [-0.1, -0.05) is 0 Å². The van der Waals surface area contributed by atoms with Crippen molar-refractivity contribution in [2.24, 2.45) is 0 Å². The predicted molar refractivity (Wildman–Crippen MR) is 49.6 cm³/mol. The van der Waals surface area contributed by atoms with E-state index in [1.807, 2.05) is 0 Å². The highest BCUT2D eigenvalue weighted by Gasteiger charge is 2.22. The average Bonchev–Trinajstić information content (AvgIpc) is 2.72. The average molecular weight is 227 g/mol. The first-order chi connectivity index (χ1) is 6.71. The van der Waals surface area contributed by atoms with Gasteiger partial charge in [0.05, 0.1) is 5.51 Å². The van der Waals surface area contributed by atoms with Crippen LogP contribution in [-0.4, -0.2) is 23.4 Å². The number of sulfone groups is 1. The summed E-state index contributed by atoms with van der Waals surface area (Å²) in [5.74, 6) is 0. The smallest absolute Gasteiger partial charge is 0.233 e. The lowest BCUT2D eigenvalue weighted by Gasteiger charge is -1.96. The highest BCUT2D eigenvalue weighted by atomic mass is 32.2. The zero-order chi connectivity index (χ0) is 10.0. The van der Waals surface area contributed by atoms with E-state index < -0.39 is 9.84 Å². The predicted octanol–water partition coefficient (Wildman–Crippen LogP) is 0.766. The summed E-state index contributed by atoms with van der Waals surface area (Å²) >= 11 is 1.22. The highest BCUT2D eigenvalue weighted by molar-refractivity contribution is 7.91. The molecule has 2 heterocycles. The van der Waals surface area contributed by atoms with Gasteiger partial charge in [0, 0.05) is 17.8 Å². The Kier molecular flexibility index (Phi) is 2.26. The Morgan fingerprint density at radius 3 is 2.43 bits per heavy atom. The summed E-state index contributed by atoms with van der Waals surface area (Å²) in [6.07, 6.45) is 2.76. The topological polar surface area (TPSA) is 72.8 Å². The molecule has 0 spiro atoms. The third-order valence-corrected chi connectivity index (χ3v) is 3.67. The molecule has 0 N–H and O–H groups in total. The zero-order valence-electron chi connectivity index (χ0n) is 6.86. The minimum absolute atomic E-state index is 0.00583. The van der Waals surface area contributed by atoms with Gasteiger partial charge in [-0.3, -0.25) is 0 Å². The van der Waals surface area contributed by atoms with Gasteiger partial charge in [-0.15, -0.1) is 11.3 Å². The van der Waals surface area contributed by atoms with E-state index in [9.17, 15) is 8.42 Å². The second kappa shape index (κ2) is 3.43. The second-order valence-corrected chi connectivity index (χ2v) is 4.87. The summed E-state index contributed by atoms with van der Waals surface area (Å²) in [6, 6.07) is 1.56. The van der Waals surface area contributed by atoms with Crippen molar-refractivity contribution in [1.29, 1.82) is 0 Å². The molecule has 72 valence electrons. The fourth-order valence-corrected chi connectivity index (χ4v) is 2.78. The molecule has 0 aliphatic rings. The van der Waals surface area contributed by atoms with Crippen molar-refractivity contribution in [2.45, 2.75) is 10.2 Å². The summed E-state index contributed by atoms with van der Waals surface area (Å²) < 4.78 is 23.4. The second-order valence-electron chi connectivity index (χ2n) is 2.36. The van der Waals surface area contributed by atoms with Gasteiger partial charge in [-0.2, -0.15) is 0 Å². The standard InChI is InChI=1S/C7H5N3O2S2/c11-14(12,6-4-13-5-10-6)7-8-2-1-3-9-7/h1-5H. The fourth-order valence-electron chi connectivity index (χ4n) is 0.852. The maximum absolute atomic E-state index is 11.7. The van der Waals surface area contributed by atoms with Gasteiger partial charge in [-0.05, 0) is 6.07 Å². The fraction of sp³-hybridized carbons (Fsp3) is 0. The Labute approximate surface area is 84.4 Å². The molecule has 0 amide bonds. The zero-order valence-corrected chi connectivity index (χ0v) is 8.49. The molecule has 0 aliphatic carbocycles. The lowest BCUT2D eigenvalue weighted by molar-refractivity contribution is 0.584. The molecule has 0 atom stereocenters. The molecule has 7 heteroatoms. The quantitative estimate of drug-likeness (QED) is 0.708. The van der Waals surface area contributed by atoms with Crippen molar-refractivity contribution in [2.75, 3.05) is 0 Å². The van der Waals surface area contributed by atoms with Crippen LogP contribution in [0.2, 0.25) is 0 Å². The molecule has 0 fully saturated rings. The van der Waals surface area contributed by atoms with Crippen LogP contribution >= 0.6 is 11.3 Å². The Hall–Kier alpha value is -1.34. The monoisotopic (exact) mass is 227 g/mol. The first-order valence-corrected chi connectivity index (χ1v) is 6.04. The van der Waals surface area contributed by atoms with E-state index in [2.05, 4.69) is 15.0 Å². The summed E-state index contributed by atoms with van der Waals surface area (Å²) in [4.78, 5) is 11.1. The van der Waals surface area contributed by atoms with E-state index in [0.717, 1.165) is 0 Å². The van der Waals surface area contributed by atoms with Gasteiger partial charge in [0.1, 0.15) is 0 Å². The van der Waals surface area contributed by atoms with Crippen LogP contribution in [0.1, 0.15) is 0 Å². The van der Waals surface area contributed by atoms with Crippen LogP contribution in [0.4, 0.5) is 0 Å². The minimum Gasteiger partial charge on any atom is -0.233 e. The normalized spacial score (nSPS) is 11.4. The van der Waals surface area contributed by atoms with Gasteiger partial charge < -0.3 is 0 Å². The molecule has 0 saturated heterocycles. The number of hydrogen-bond acceptors (Lipinski definition) is 6. The van der Waals surface area contributed by atoms with Crippen LogP contribution in [0, 0.1) is 0 Å². The summed E-state index contributed by atoms with van der Waals surface area (Å²) in [6.45, 7) is 0. The van der Waals surface area contributed by atoms with Gasteiger partial charge in [0.2, 0.25) is 0 Å². The van der Waals surface area contributed by atoms with E-state index in [1.54, 1.807) is 6.07 Å². The van der Waals surface area contributed by atoms with Gasteiger partial charge in [-0.25, -0.2) is 23.4 Å². The minimum atomic E-state index is -3.62. The maximum atomic E-state index is 11.7. The molecule has 0 aromatic carbocycles. The Morgan fingerprint density at radius 2 is 1.86 bits per heavy atom. The van der Waals surface area contributed by atoms with Crippen LogP contribution in [-0.2, 0) is 9.84 Å². The first-order valence-electron chi connectivity index (χ1n) is 3.61. The molecule has 0 saturated carbocycles. The summed E-state index contributed by atoms with van der Waals surface area (Å²) in [5.41, 5.74) is 1.45. The van der Waals surface area contributed by atoms with Crippen molar-refractivity contribution >= 4 is 21.2 Å². The number of nitrogens with zero attached hydrogens (tertiary/aromatic N) is 3. The molecule has 2 rings (SSSR count). The molecular formula is C7H5N3O2S2. The number of rotatable bonds is 2. The molecule has 0 aliphatic heterocycles.